The number of hydrogen-bond donors (Lipinski definition) is 2. The number of imide groups is 2. The molecule has 0 aromatic heterocycles. The van der Waals surface area contributed by atoms with E-state index < -0.39 is 0 Å². The Bertz CT molecular complexity index is 1100. The first-order valence-corrected chi connectivity index (χ1v) is 14.4. The molecule has 0 saturated carbocycles. The molecular weight excluding hydrogens is 504 g/mol. The highest BCUT2D eigenvalue weighted by Gasteiger charge is 2.37. The smallest absolute Gasteiger partial charge is 0.261 e. The summed E-state index contributed by atoms with van der Waals surface area (Å²) in [5.74, 6) is -0.790. The summed E-state index contributed by atoms with van der Waals surface area (Å²) < 4.78 is 0. The van der Waals surface area contributed by atoms with Gasteiger partial charge in [-0.05, 0) is 90.7 Å². The third-order valence-corrected chi connectivity index (χ3v) is 7.99. The first-order chi connectivity index (χ1) is 19.0. The zero-order chi connectivity index (χ0) is 28.9. The van der Waals surface area contributed by atoms with E-state index in [1.165, 1.54) is 9.80 Å². The molecular formula is C32H42N4O4. The van der Waals surface area contributed by atoms with Gasteiger partial charge in [-0.2, -0.15) is 0 Å². The molecule has 8 nitrogen and oxygen atoms in total. The minimum atomic E-state index is -0.197. The molecule has 2 heterocycles. The largest absolute Gasteiger partial charge is 0.312 e. The number of nitrogens with one attached hydrogen (secondary N) is 2. The normalized spacial score (nSPS) is 15.3. The topological polar surface area (TPSA) is 98.8 Å². The molecule has 4 amide bonds. The third-order valence-electron chi connectivity index (χ3n) is 7.99. The summed E-state index contributed by atoms with van der Waals surface area (Å²) in [6.45, 7) is 11.0. The van der Waals surface area contributed by atoms with Crippen LogP contribution in [-0.4, -0.2) is 70.7 Å². The van der Waals surface area contributed by atoms with Crippen LogP contribution in [0.25, 0.3) is 0 Å². The Kier molecular flexibility index (Phi) is 9.21. The average molecular weight is 547 g/mol. The van der Waals surface area contributed by atoms with Gasteiger partial charge in [-0.15, -0.1) is 0 Å². The van der Waals surface area contributed by atoms with Crippen LogP contribution in [0.15, 0.2) is 48.5 Å². The van der Waals surface area contributed by atoms with Crippen LogP contribution < -0.4 is 10.6 Å². The van der Waals surface area contributed by atoms with Crippen LogP contribution in [0.1, 0.15) is 108 Å². The van der Waals surface area contributed by atoms with Crippen LogP contribution in [0.4, 0.5) is 0 Å². The molecule has 2 aliphatic heterocycles. The minimum Gasteiger partial charge on any atom is -0.312 e. The predicted molar refractivity (Wildman–Crippen MR) is 155 cm³/mol. The second kappa shape index (κ2) is 12.4. The van der Waals surface area contributed by atoms with Gasteiger partial charge in [0.1, 0.15) is 0 Å². The Labute approximate surface area is 237 Å². The molecule has 2 N–H and O–H groups in total. The first kappa shape index (κ1) is 29.6. The Morgan fingerprint density at radius 3 is 1.12 bits per heavy atom. The van der Waals surface area contributed by atoms with Gasteiger partial charge in [0.15, 0.2) is 0 Å². The molecule has 4 rings (SSSR count). The van der Waals surface area contributed by atoms with Crippen molar-refractivity contribution in [1.82, 2.24) is 20.4 Å². The van der Waals surface area contributed by atoms with Gasteiger partial charge in [0.05, 0.1) is 22.3 Å². The molecule has 8 heteroatoms. The summed E-state index contributed by atoms with van der Waals surface area (Å²) in [4.78, 5) is 53.1. The molecule has 0 radical (unpaired) electrons. The number of fused-ring (bicyclic) bond motifs is 2. The van der Waals surface area contributed by atoms with Gasteiger partial charge < -0.3 is 10.6 Å². The number of benzene rings is 2. The molecule has 0 unspecified atom stereocenters. The van der Waals surface area contributed by atoms with Gasteiger partial charge >= 0.3 is 0 Å². The van der Waals surface area contributed by atoms with Crippen LogP contribution in [-0.2, 0) is 0 Å². The fourth-order valence-corrected chi connectivity index (χ4v) is 5.30. The lowest BCUT2D eigenvalue weighted by molar-refractivity contribution is 0.0625. The summed E-state index contributed by atoms with van der Waals surface area (Å²) in [5.41, 5.74) is 1.64. The molecule has 0 fully saturated rings. The summed E-state index contributed by atoms with van der Waals surface area (Å²) in [6.07, 6.45) is 5.72. The maximum atomic E-state index is 12.6. The van der Waals surface area contributed by atoms with Gasteiger partial charge in [0, 0.05) is 24.2 Å². The Morgan fingerprint density at radius 1 is 0.525 bits per heavy atom. The number of carbonyl (C=O) groups excluding carboxylic acids is 4. The van der Waals surface area contributed by atoms with Crippen molar-refractivity contribution in [2.75, 3.05) is 26.2 Å². The van der Waals surface area contributed by atoms with Crippen LogP contribution in [0.3, 0.4) is 0 Å². The van der Waals surface area contributed by atoms with E-state index in [9.17, 15) is 19.2 Å². The molecule has 0 atom stereocenters. The van der Waals surface area contributed by atoms with Gasteiger partial charge in [-0.25, -0.2) is 0 Å². The zero-order valence-corrected chi connectivity index (χ0v) is 24.2. The molecule has 2 aromatic rings. The fourth-order valence-electron chi connectivity index (χ4n) is 5.30. The number of hydrogen-bond acceptors (Lipinski definition) is 6. The van der Waals surface area contributed by atoms with E-state index in [1.54, 1.807) is 48.5 Å². The van der Waals surface area contributed by atoms with E-state index in [1.807, 2.05) is 0 Å². The van der Waals surface area contributed by atoms with Crippen molar-refractivity contribution in [2.45, 2.75) is 77.3 Å². The van der Waals surface area contributed by atoms with Crippen molar-refractivity contribution in [3.63, 3.8) is 0 Å². The minimum absolute atomic E-state index is 0.180. The van der Waals surface area contributed by atoms with Crippen LogP contribution in [0.2, 0.25) is 0 Å². The Hall–Kier alpha value is -3.36. The highest BCUT2D eigenvalue weighted by atomic mass is 16.2. The standard InChI is InChI=1S/C32H42N4O4/c1-31(2,17-21-35-27(37)23-13-7-8-14-24(23)28(35)38)33-19-11-5-6-12-20-34-32(3,4)18-22-36-29(39)25-15-9-10-16-26(25)30(36)40/h7-10,13-16,33-34H,5-6,11-12,17-22H2,1-4H3. The van der Waals surface area contributed by atoms with E-state index in [0.717, 1.165) is 38.8 Å². The average Bonchev–Trinajstić information content (AvgIpc) is 3.32. The highest BCUT2D eigenvalue weighted by molar-refractivity contribution is 6.22. The fraction of sp³-hybridized carbons (Fsp3) is 0.500. The number of rotatable bonds is 15. The molecule has 40 heavy (non-hydrogen) atoms. The summed E-state index contributed by atoms with van der Waals surface area (Å²) in [5, 5.41) is 7.16. The lowest BCUT2D eigenvalue weighted by atomic mass is 9.99. The lowest BCUT2D eigenvalue weighted by Crippen LogP contribution is -2.44. The maximum Gasteiger partial charge on any atom is 0.261 e. The summed E-state index contributed by atoms with van der Waals surface area (Å²) in [6, 6.07) is 14.0. The van der Waals surface area contributed by atoms with E-state index in [2.05, 4.69) is 38.3 Å². The Balaban J connectivity index is 1.06. The number of amides is 4. The van der Waals surface area contributed by atoms with Crippen LogP contribution in [0.5, 0.6) is 0 Å². The van der Waals surface area contributed by atoms with E-state index >= 15 is 0 Å². The van der Waals surface area contributed by atoms with Crippen molar-refractivity contribution < 1.29 is 19.2 Å². The van der Waals surface area contributed by atoms with E-state index in [-0.39, 0.29) is 34.7 Å². The maximum absolute atomic E-state index is 12.6. The second-order valence-corrected chi connectivity index (χ2v) is 12.2. The predicted octanol–water partition coefficient (Wildman–Crippen LogP) is 4.66. The SMILES string of the molecule is CC(C)(CCN1C(=O)c2ccccc2C1=O)NCCCCCCNC(C)(C)CCN1C(=O)c2ccccc2C1=O. The van der Waals surface area contributed by atoms with Crippen molar-refractivity contribution in [1.29, 1.82) is 0 Å². The van der Waals surface area contributed by atoms with Crippen molar-refractivity contribution in [3.8, 4) is 0 Å². The molecule has 0 saturated heterocycles. The second-order valence-electron chi connectivity index (χ2n) is 12.2. The van der Waals surface area contributed by atoms with E-state index in [4.69, 9.17) is 0 Å². The van der Waals surface area contributed by atoms with Crippen LogP contribution in [0, 0.1) is 0 Å². The molecule has 0 spiro atoms. The van der Waals surface area contributed by atoms with E-state index in [0.29, 0.717) is 48.2 Å². The molecule has 0 bridgehead atoms. The van der Waals surface area contributed by atoms with Gasteiger partial charge in [-0.1, -0.05) is 37.1 Å². The zero-order valence-electron chi connectivity index (χ0n) is 24.2. The van der Waals surface area contributed by atoms with Crippen molar-refractivity contribution >= 4 is 23.6 Å². The van der Waals surface area contributed by atoms with Gasteiger partial charge in [0.25, 0.3) is 23.6 Å². The number of nitrogens with zero attached hydrogens (tertiary/aromatic N) is 2. The molecule has 214 valence electrons. The third kappa shape index (κ3) is 6.85. The molecule has 2 aromatic carbocycles. The first-order valence-electron chi connectivity index (χ1n) is 14.4. The number of carbonyl (C=O) groups is 4. The van der Waals surface area contributed by atoms with Crippen molar-refractivity contribution in [3.05, 3.63) is 70.8 Å². The summed E-state index contributed by atoms with van der Waals surface area (Å²) >= 11 is 0. The molecule has 0 aliphatic carbocycles. The van der Waals surface area contributed by atoms with Gasteiger partial charge in [-0.3, -0.25) is 29.0 Å². The van der Waals surface area contributed by atoms with Crippen LogP contribution >= 0.6 is 0 Å². The Morgan fingerprint density at radius 2 is 0.825 bits per heavy atom. The number of unbranched alkanes of at least 4 members (excludes halogenated alkanes) is 3. The quantitative estimate of drug-likeness (QED) is 0.249. The highest BCUT2D eigenvalue weighted by Crippen LogP contribution is 2.25. The molecule has 2 aliphatic rings. The lowest BCUT2D eigenvalue weighted by Gasteiger charge is -2.29. The van der Waals surface area contributed by atoms with Gasteiger partial charge in [0.2, 0.25) is 0 Å². The monoisotopic (exact) mass is 546 g/mol. The summed E-state index contributed by atoms with van der Waals surface area (Å²) in [7, 11) is 0. The van der Waals surface area contributed by atoms with Crippen molar-refractivity contribution in [2.24, 2.45) is 0 Å².